The fourth-order valence-corrected chi connectivity index (χ4v) is 6.72. The van der Waals surface area contributed by atoms with Gasteiger partial charge in [0.1, 0.15) is 6.10 Å². The Bertz CT molecular complexity index is 660. The molecule has 6 nitrogen and oxygen atoms in total. The van der Waals surface area contributed by atoms with Crippen LogP contribution in [0.4, 0.5) is 0 Å². The van der Waals surface area contributed by atoms with Gasteiger partial charge in [-0.1, -0.05) is 34.6 Å². The summed E-state index contributed by atoms with van der Waals surface area (Å²) in [4.78, 5) is 0. The average Bonchev–Trinajstić information content (AvgIpc) is 2.67. The summed E-state index contributed by atoms with van der Waals surface area (Å²) < 4.78 is 18.4. The summed E-state index contributed by atoms with van der Waals surface area (Å²) in [5.74, 6) is -0.277. The van der Waals surface area contributed by atoms with Crippen LogP contribution < -0.4 is 0 Å². The van der Waals surface area contributed by atoms with Crippen LogP contribution in [-0.2, 0) is 14.2 Å². The maximum atomic E-state index is 11.4. The average molecular weight is 445 g/mol. The molecule has 1 aliphatic heterocycles. The maximum absolute atomic E-state index is 11.4. The van der Waals surface area contributed by atoms with Gasteiger partial charge in [0.25, 0.3) is 0 Å². The lowest BCUT2D eigenvalue weighted by Gasteiger charge is -2.68. The van der Waals surface area contributed by atoms with Crippen LogP contribution >= 0.6 is 0 Å². The molecule has 1 aliphatic carbocycles. The predicted molar refractivity (Wildman–Crippen MR) is 122 cm³/mol. The van der Waals surface area contributed by atoms with Crippen LogP contribution in [0.3, 0.4) is 0 Å². The fraction of sp³-hybridized carbons (Fsp3) is 1.00. The normalized spacial score (nSPS) is 50.8. The Balaban J connectivity index is 2.58. The highest BCUT2D eigenvalue weighted by Crippen LogP contribution is 2.64. The Morgan fingerprint density at radius 3 is 1.84 bits per heavy atom. The van der Waals surface area contributed by atoms with Crippen LogP contribution in [0.15, 0.2) is 0 Å². The van der Waals surface area contributed by atoms with E-state index in [0.29, 0.717) is 12.8 Å². The molecule has 0 radical (unpaired) electrons. The lowest BCUT2D eigenvalue weighted by atomic mass is 9.46. The molecule has 2 rings (SSSR count). The molecule has 3 N–H and O–H groups in total. The van der Waals surface area contributed by atoms with Gasteiger partial charge in [-0.2, -0.15) is 0 Å². The molecule has 0 aromatic heterocycles. The van der Waals surface area contributed by atoms with E-state index in [9.17, 15) is 15.3 Å². The Labute approximate surface area is 189 Å². The van der Waals surface area contributed by atoms with Gasteiger partial charge in [0.15, 0.2) is 0 Å². The SMILES string of the molecule is CO[C@]1(C)CC(C(C)O)[C@@](C)(C[C@]2(C)OC(C)[C@@](C)(OC)C(C)(C)C2(C)C)C(O)C1O. The summed E-state index contributed by atoms with van der Waals surface area (Å²) in [6.07, 6.45) is -2.07. The molecule has 31 heavy (non-hydrogen) atoms. The molecule has 184 valence electrons. The lowest BCUT2D eigenvalue weighted by Crippen LogP contribution is -2.73. The number of ether oxygens (including phenoxy) is 3. The van der Waals surface area contributed by atoms with Crippen molar-refractivity contribution in [2.75, 3.05) is 14.2 Å². The summed E-state index contributed by atoms with van der Waals surface area (Å²) >= 11 is 0. The molecule has 0 bridgehead atoms. The molecule has 9 atom stereocenters. The van der Waals surface area contributed by atoms with Gasteiger partial charge in [0.2, 0.25) is 0 Å². The van der Waals surface area contributed by atoms with Crippen LogP contribution in [0, 0.1) is 22.2 Å². The van der Waals surface area contributed by atoms with Crippen molar-refractivity contribution in [3.63, 3.8) is 0 Å². The monoisotopic (exact) mass is 444 g/mol. The largest absolute Gasteiger partial charge is 0.393 e. The highest BCUT2D eigenvalue weighted by molar-refractivity contribution is 5.17. The van der Waals surface area contributed by atoms with Crippen LogP contribution in [0.5, 0.6) is 0 Å². The Hall–Kier alpha value is -0.240. The third-order valence-corrected chi connectivity index (χ3v) is 10.6. The molecule has 5 unspecified atom stereocenters. The molecule has 1 heterocycles. The number of methoxy groups -OCH3 is 2. The van der Waals surface area contributed by atoms with Crippen molar-refractivity contribution in [2.45, 2.75) is 123 Å². The van der Waals surface area contributed by atoms with Gasteiger partial charge in [-0.05, 0) is 53.4 Å². The van der Waals surface area contributed by atoms with Crippen molar-refractivity contribution in [3.05, 3.63) is 0 Å². The molecule has 0 aromatic carbocycles. The first-order valence-electron chi connectivity index (χ1n) is 11.6. The molecule has 0 aromatic rings. The van der Waals surface area contributed by atoms with Crippen LogP contribution in [0.1, 0.15) is 82.1 Å². The summed E-state index contributed by atoms with van der Waals surface area (Å²) in [7, 11) is 3.28. The molecule has 2 fully saturated rings. The lowest BCUT2D eigenvalue weighted by molar-refractivity contribution is -0.338. The van der Waals surface area contributed by atoms with Gasteiger partial charge in [-0.3, -0.25) is 0 Å². The smallest absolute Gasteiger partial charge is 0.109 e. The van der Waals surface area contributed by atoms with E-state index in [1.807, 2.05) is 13.8 Å². The van der Waals surface area contributed by atoms with Gasteiger partial charge in [0, 0.05) is 30.5 Å². The minimum atomic E-state index is -1.07. The molecule has 1 saturated heterocycles. The van der Waals surface area contributed by atoms with Crippen molar-refractivity contribution in [3.8, 4) is 0 Å². The zero-order valence-corrected chi connectivity index (χ0v) is 21.9. The first-order valence-corrected chi connectivity index (χ1v) is 11.6. The van der Waals surface area contributed by atoms with Crippen molar-refractivity contribution in [1.29, 1.82) is 0 Å². The number of hydrogen-bond acceptors (Lipinski definition) is 6. The zero-order chi connectivity index (χ0) is 24.4. The second-order valence-electron chi connectivity index (χ2n) is 12.2. The van der Waals surface area contributed by atoms with Gasteiger partial charge < -0.3 is 29.5 Å². The zero-order valence-electron chi connectivity index (χ0n) is 21.9. The minimum Gasteiger partial charge on any atom is -0.393 e. The Morgan fingerprint density at radius 2 is 1.42 bits per heavy atom. The molecule has 0 spiro atoms. The van der Waals surface area contributed by atoms with Crippen molar-refractivity contribution >= 4 is 0 Å². The topological polar surface area (TPSA) is 88.4 Å². The molecule has 1 saturated carbocycles. The van der Waals surface area contributed by atoms with Crippen LogP contribution in [0.2, 0.25) is 0 Å². The van der Waals surface area contributed by atoms with E-state index in [0.717, 1.165) is 0 Å². The third-order valence-electron chi connectivity index (χ3n) is 10.6. The van der Waals surface area contributed by atoms with E-state index in [4.69, 9.17) is 14.2 Å². The van der Waals surface area contributed by atoms with Gasteiger partial charge in [-0.25, -0.2) is 0 Å². The molecule has 2 aliphatic rings. The first-order chi connectivity index (χ1) is 13.8. The Kier molecular flexibility index (Phi) is 6.90. The Morgan fingerprint density at radius 1 is 0.903 bits per heavy atom. The van der Waals surface area contributed by atoms with Crippen LogP contribution in [0.25, 0.3) is 0 Å². The van der Waals surface area contributed by atoms with E-state index in [1.165, 1.54) is 0 Å². The summed E-state index contributed by atoms with van der Waals surface area (Å²) in [5, 5.41) is 33.2. The van der Waals surface area contributed by atoms with E-state index >= 15 is 0 Å². The summed E-state index contributed by atoms with van der Waals surface area (Å²) in [6, 6.07) is 0. The predicted octanol–water partition coefficient (Wildman–Crippen LogP) is 3.55. The van der Waals surface area contributed by atoms with Crippen LogP contribution in [-0.4, -0.2) is 70.8 Å². The van der Waals surface area contributed by atoms with E-state index in [-0.39, 0.29) is 22.9 Å². The maximum Gasteiger partial charge on any atom is 0.109 e. The second-order valence-corrected chi connectivity index (χ2v) is 12.2. The first kappa shape index (κ1) is 27.0. The summed E-state index contributed by atoms with van der Waals surface area (Å²) in [6.45, 7) is 20.6. The minimum absolute atomic E-state index is 0.186. The molecular weight excluding hydrogens is 396 g/mol. The van der Waals surface area contributed by atoms with Gasteiger partial charge in [-0.15, -0.1) is 0 Å². The fourth-order valence-electron chi connectivity index (χ4n) is 6.72. The quantitative estimate of drug-likeness (QED) is 0.601. The van der Waals surface area contributed by atoms with E-state index < -0.39 is 40.5 Å². The van der Waals surface area contributed by atoms with Crippen molar-refractivity contribution < 1.29 is 29.5 Å². The number of aliphatic hydroxyl groups excluding tert-OH is 3. The molecule has 0 amide bonds. The number of hydrogen-bond donors (Lipinski definition) is 3. The van der Waals surface area contributed by atoms with E-state index in [1.54, 1.807) is 28.1 Å². The standard InChI is InChI=1S/C25H48O6/c1-15(26)17-13-23(8,29-11)19(28)18(27)22(17,7)14-24(9)20(3,4)21(5,6)25(10,30-12)16(2)31-24/h15-19,26-28H,13-14H2,1-12H3/t15?,16?,17?,18?,19?,22-,23-,24+,25-/m1/s1. The van der Waals surface area contributed by atoms with Crippen molar-refractivity contribution in [1.82, 2.24) is 0 Å². The number of aliphatic hydroxyl groups is 3. The second kappa shape index (κ2) is 7.92. The molecule has 6 heteroatoms. The van der Waals surface area contributed by atoms with Crippen molar-refractivity contribution in [2.24, 2.45) is 22.2 Å². The third kappa shape index (κ3) is 3.52. The highest BCUT2D eigenvalue weighted by atomic mass is 16.6. The van der Waals surface area contributed by atoms with E-state index in [2.05, 4.69) is 41.5 Å². The summed E-state index contributed by atoms with van der Waals surface area (Å²) in [5.41, 5.74) is -3.47. The molecular formula is C25H48O6. The highest BCUT2D eigenvalue weighted by Gasteiger charge is 2.68. The van der Waals surface area contributed by atoms with Gasteiger partial charge in [0.05, 0.1) is 35.1 Å². The number of rotatable bonds is 5. The van der Waals surface area contributed by atoms with Gasteiger partial charge >= 0.3 is 0 Å².